The minimum Gasteiger partial charge on any atom is -0.494 e. The zero-order chi connectivity index (χ0) is 24.1. The Balaban J connectivity index is 1.68. The molecule has 0 aliphatic carbocycles. The molecule has 4 aromatic rings. The number of para-hydroxylation sites is 1. The summed E-state index contributed by atoms with van der Waals surface area (Å²) >= 11 is 6.41. The second kappa shape index (κ2) is 10.3. The van der Waals surface area contributed by atoms with Gasteiger partial charge in [0.2, 0.25) is 0 Å². The summed E-state index contributed by atoms with van der Waals surface area (Å²) in [5, 5.41) is 14.2. The number of rotatable bonds is 7. The van der Waals surface area contributed by atoms with Gasteiger partial charge >= 0.3 is 0 Å². The Morgan fingerprint density at radius 1 is 1.09 bits per heavy atom. The van der Waals surface area contributed by atoms with Crippen LogP contribution in [0.25, 0.3) is 17.0 Å². The van der Waals surface area contributed by atoms with Crippen LogP contribution in [0.15, 0.2) is 78.4 Å². The molecule has 0 saturated carbocycles. The molecule has 0 aliphatic heterocycles. The van der Waals surface area contributed by atoms with E-state index in [1.165, 1.54) is 0 Å². The molecule has 170 valence electrons. The number of benzene rings is 3. The molecule has 1 N–H and O–H groups in total. The number of carbonyl (C=O) groups excluding carboxylic acids is 1. The lowest BCUT2D eigenvalue weighted by molar-refractivity contribution is -0.112. The van der Waals surface area contributed by atoms with Crippen molar-refractivity contribution in [3.63, 3.8) is 0 Å². The van der Waals surface area contributed by atoms with Gasteiger partial charge < -0.3 is 14.6 Å². The number of nitrogens with one attached hydrogen (secondary N) is 1. The standard InChI is InChI=1S/C28H24ClN3O2/c1-3-34-23-14-12-22(13-15-23)31-28(33)21(17-30)16-25-19(2)32(27-11-7-5-9-24(25)27)18-20-8-4-6-10-26(20)29/h4-16H,3,18H2,1-2H3,(H,31,33). The molecule has 5 nitrogen and oxygen atoms in total. The lowest BCUT2D eigenvalue weighted by Gasteiger charge is -2.10. The van der Waals surface area contributed by atoms with Crippen molar-refractivity contribution in [3.05, 3.63) is 100 Å². The zero-order valence-electron chi connectivity index (χ0n) is 19.0. The largest absolute Gasteiger partial charge is 0.494 e. The van der Waals surface area contributed by atoms with Crippen molar-refractivity contribution in [3.8, 4) is 11.8 Å². The van der Waals surface area contributed by atoms with Crippen LogP contribution >= 0.6 is 11.6 Å². The van der Waals surface area contributed by atoms with Gasteiger partial charge in [0.15, 0.2) is 0 Å². The van der Waals surface area contributed by atoms with Gasteiger partial charge in [-0.25, -0.2) is 0 Å². The molecule has 0 radical (unpaired) electrons. The van der Waals surface area contributed by atoms with Crippen LogP contribution in [0.5, 0.6) is 5.75 Å². The summed E-state index contributed by atoms with van der Waals surface area (Å²) in [4.78, 5) is 12.9. The van der Waals surface area contributed by atoms with Crippen molar-refractivity contribution < 1.29 is 9.53 Å². The van der Waals surface area contributed by atoms with Gasteiger partial charge in [0.1, 0.15) is 17.4 Å². The van der Waals surface area contributed by atoms with Gasteiger partial charge in [-0.2, -0.15) is 5.26 Å². The quantitative estimate of drug-likeness (QED) is 0.245. The molecular weight excluding hydrogens is 446 g/mol. The van der Waals surface area contributed by atoms with Crippen LogP contribution in [-0.4, -0.2) is 17.1 Å². The minimum absolute atomic E-state index is 0.0256. The Hall–Kier alpha value is -4.01. The number of nitrogens with zero attached hydrogens (tertiary/aromatic N) is 2. The second-order valence-corrected chi connectivity index (χ2v) is 8.18. The van der Waals surface area contributed by atoms with E-state index >= 15 is 0 Å². The van der Waals surface area contributed by atoms with Crippen LogP contribution in [0.4, 0.5) is 5.69 Å². The van der Waals surface area contributed by atoms with E-state index in [1.54, 1.807) is 30.3 Å². The Bertz CT molecular complexity index is 1410. The number of nitriles is 1. The smallest absolute Gasteiger partial charge is 0.266 e. The first-order valence-electron chi connectivity index (χ1n) is 11.0. The summed E-state index contributed by atoms with van der Waals surface area (Å²) in [6, 6.07) is 24.8. The van der Waals surface area contributed by atoms with E-state index < -0.39 is 5.91 Å². The van der Waals surface area contributed by atoms with Crippen molar-refractivity contribution in [1.82, 2.24) is 4.57 Å². The van der Waals surface area contributed by atoms with Crippen molar-refractivity contribution in [2.75, 3.05) is 11.9 Å². The van der Waals surface area contributed by atoms with E-state index in [4.69, 9.17) is 16.3 Å². The van der Waals surface area contributed by atoms with Crippen LogP contribution < -0.4 is 10.1 Å². The van der Waals surface area contributed by atoms with Gasteiger partial charge in [-0.1, -0.05) is 48.0 Å². The van der Waals surface area contributed by atoms with Crippen molar-refractivity contribution >= 4 is 40.2 Å². The molecule has 3 aromatic carbocycles. The number of halogens is 1. The molecule has 0 atom stereocenters. The van der Waals surface area contributed by atoms with Crippen molar-refractivity contribution in [2.24, 2.45) is 0 Å². The zero-order valence-corrected chi connectivity index (χ0v) is 19.8. The third-order valence-electron chi connectivity index (χ3n) is 5.64. The monoisotopic (exact) mass is 469 g/mol. The van der Waals surface area contributed by atoms with E-state index in [0.717, 1.165) is 33.5 Å². The molecule has 6 heteroatoms. The number of carbonyl (C=O) groups is 1. The fraction of sp³-hybridized carbons (Fsp3) is 0.143. The molecule has 4 rings (SSSR count). The van der Waals surface area contributed by atoms with Gasteiger partial charge in [0.25, 0.3) is 5.91 Å². The number of anilines is 1. The maximum absolute atomic E-state index is 12.9. The summed E-state index contributed by atoms with van der Waals surface area (Å²) < 4.78 is 7.59. The highest BCUT2D eigenvalue weighted by atomic mass is 35.5. The van der Waals surface area contributed by atoms with Gasteiger partial charge in [0.05, 0.1) is 6.61 Å². The average Bonchev–Trinajstić information content (AvgIpc) is 3.11. The van der Waals surface area contributed by atoms with Crippen LogP contribution in [0.2, 0.25) is 5.02 Å². The number of aromatic nitrogens is 1. The lowest BCUT2D eigenvalue weighted by Crippen LogP contribution is -2.13. The van der Waals surface area contributed by atoms with Gasteiger partial charge in [-0.15, -0.1) is 0 Å². The number of amides is 1. The summed E-state index contributed by atoms with van der Waals surface area (Å²) in [5.74, 6) is 0.257. The maximum Gasteiger partial charge on any atom is 0.266 e. The molecule has 1 aromatic heterocycles. The first-order valence-corrected chi connectivity index (χ1v) is 11.4. The number of hydrogen-bond acceptors (Lipinski definition) is 3. The molecule has 1 amide bonds. The van der Waals surface area contributed by atoms with Gasteiger partial charge in [0, 0.05) is 39.4 Å². The second-order valence-electron chi connectivity index (χ2n) is 7.78. The van der Waals surface area contributed by atoms with E-state index in [9.17, 15) is 10.1 Å². The van der Waals surface area contributed by atoms with E-state index in [2.05, 4.69) is 16.0 Å². The van der Waals surface area contributed by atoms with Crippen LogP contribution in [-0.2, 0) is 11.3 Å². The lowest BCUT2D eigenvalue weighted by atomic mass is 10.1. The van der Waals surface area contributed by atoms with Crippen molar-refractivity contribution in [2.45, 2.75) is 20.4 Å². The topological polar surface area (TPSA) is 67.0 Å². The first kappa shape index (κ1) is 23.2. The van der Waals surface area contributed by atoms with Gasteiger partial charge in [-0.3, -0.25) is 4.79 Å². The predicted molar refractivity (Wildman–Crippen MR) is 137 cm³/mol. The molecule has 1 heterocycles. The third-order valence-corrected chi connectivity index (χ3v) is 6.01. The molecule has 0 bridgehead atoms. The maximum atomic E-state index is 12.9. The molecule has 0 aliphatic rings. The summed E-state index contributed by atoms with van der Waals surface area (Å²) in [6.07, 6.45) is 1.66. The SMILES string of the molecule is CCOc1ccc(NC(=O)C(C#N)=Cc2c(C)n(Cc3ccccc3Cl)c3ccccc23)cc1. The third kappa shape index (κ3) is 4.83. The Morgan fingerprint density at radius 3 is 2.50 bits per heavy atom. The number of fused-ring (bicyclic) bond motifs is 1. The molecule has 34 heavy (non-hydrogen) atoms. The van der Waals surface area contributed by atoms with Gasteiger partial charge in [-0.05, 0) is 61.9 Å². The van der Waals surface area contributed by atoms with Crippen LogP contribution in [0.1, 0.15) is 23.7 Å². The van der Waals surface area contributed by atoms with Crippen LogP contribution in [0.3, 0.4) is 0 Å². The minimum atomic E-state index is -0.464. The fourth-order valence-corrected chi connectivity index (χ4v) is 4.13. The van der Waals surface area contributed by atoms with E-state index in [-0.39, 0.29) is 5.57 Å². The fourth-order valence-electron chi connectivity index (χ4n) is 3.93. The normalized spacial score (nSPS) is 11.3. The summed E-state index contributed by atoms with van der Waals surface area (Å²) in [5.41, 5.74) is 4.40. The first-order chi connectivity index (χ1) is 16.5. The van der Waals surface area contributed by atoms with Crippen LogP contribution in [0, 0.1) is 18.3 Å². The molecule has 0 unspecified atom stereocenters. The number of hydrogen-bond donors (Lipinski definition) is 1. The Kier molecular flexibility index (Phi) is 7.01. The average molecular weight is 470 g/mol. The Labute approximate surface area is 203 Å². The highest BCUT2D eigenvalue weighted by Crippen LogP contribution is 2.30. The van der Waals surface area contributed by atoms with E-state index in [1.807, 2.05) is 62.4 Å². The van der Waals surface area contributed by atoms with E-state index in [0.29, 0.717) is 23.9 Å². The molecular formula is C28H24ClN3O2. The summed E-state index contributed by atoms with van der Waals surface area (Å²) in [7, 11) is 0. The van der Waals surface area contributed by atoms with Crippen molar-refractivity contribution in [1.29, 1.82) is 5.26 Å². The molecule has 0 saturated heterocycles. The molecule has 0 spiro atoms. The molecule has 0 fully saturated rings. The predicted octanol–water partition coefficient (Wildman–Crippen LogP) is 6.60. The summed E-state index contributed by atoms with van der Waals surface area (Å²) in [6.45, 7) is 5.05. The number of ether oxygens (including phenoxy) is 1. The highest BCUT2D eigenvalue weighted by molar-refractivity contribution is 6.31. The Morgan fingerprint density at radius 2 is 1.79 bits per heavy atom. The highest BCUT2D eigenvalue weighted by Gasteiger charge is 2.17.